The highest BCUT2D eigenvalue weighted by molar-refractivity contribution is 7.91. The predicted octanol–water partition coefficient (Wildman–Crippen LogP) is 0.297. The van der Waals surface area contributed by atoms with E-state index in [0.29, 0.717) is 16.9 Å². The summed E-state index contributed by atoms with van der Waals surface area (Å²) in [7, 11) is -3.84. The van der Waals surface area contributed by atoms with Crippen molar-refractivity contribution in [2.45, 2.75) is 30.5 Å². The summed E-state index contributed by atoms with van der Waals surface area (Å²) in [5, 5.41) is 8.88. The van der Waals surface area contributed by atoms with Gasteiger partial charge in [-0.25, -0.2) is 17.9 Å². The first-order valence-electron chi connectivity index (χ1n) is 5.28. The van der Waals surface area contributed by atoms with E-state index >= 15 is 0 Å². The first-order chi connectivity index (χ1) is 8.63. The number of hydrogen-bond acceptors (Lipinski definition) is 5. The Morgan fingerprint density at radius 1 is 1.53 bits per heavy atom. The molecule has 0 aliphatic heterocycles. The van der Waals surface area contributed by atoms with Gasteiger partial charge in [-0.1, -0.05) is 0 Å². The summed E-state index contributed by atoms with van der Waals surface area (Å²) in [6.45, 7) is 3.02. The zero-order valence-electron chi connectivity index (χ0n) is 10.3. The molecule has 7 nitrogen and oxygen atoms in total. The van der Waals surface area contributed by atoms with Gasteiger partial charge in [-0.15, -0.1) is 11.3 Å². The molecule has 1 heterocycles. The molecule has 9 heteroatoms. The molecule has 106 valence electrons. The molecule has 0 radical (unpaired) electrons. The van der Waals surface area contributed by atoms with Crippen LogP contribution in [0, 0.1) is 6.92 Å². The number of primary amides is 1. The summed E-state index contributed by atoms with van der Waals surface area (Å²) in [6.07, 6.45) is -0.130. The molecule has 19 heavy (non-hydrogen) atoms. The number of sulfonamides is 1. The van der Waals surface area contributed by atoms with Crippen LogP contribution < -0.4 is 10.5 Å². The second kappa shape index (κ2) is 5.68. The van der Waals surface area contributed by atoms with Gasteiger partial charge in [0.25, 0.3) is 0 Å². The van der Waals surface area contributed by atoms with E-state index in [1.807, 2.05) is 0 Å². The van der Waals surface area contributed by atoms with Gasteiger partial charge in [0.2, 0.25) is 15.9 Å². The van der Waals surface area contributed by atoms with E-state index in [4.69, 9.17) is 10.8 Å². The fraction of sp³-hybridized carbons (Fsp3) is 0.400. The predicted molar refractivity (Wildman–Crippen MR) is 69.6 cm³/mol. The summed E-state index contributed by atoms with van der Waals surface area (Å²) >= 11 is 0.669. The van der Waals surface area contributed by atoms with Crippen molar-refractivity contribution in [3.05, 3.63) is 16.5 Å². The minimum absolute atomic E-state index is 0.0251. The average molecular weight is 306 g/mol. The lowest BCUT2D eigenvalue weighted by Gasteiger charge is -2.10. The lowest BCUT2D eigenvalue weighted by molar-refractivity contribution is -0.118. The fourth-order valence-corrected chi connectivity index (χ4v) is 4.10. The van der Waals surface area contributed by atoms with Crippen molar-refractivity contribution in [2.24, 2.45) is 5.73 Å². The molecule has 0 saturated carbocycles. The Bertz CT molecular complexity index is 605. The van der Waals surface area contributed by atoms with Gasteiger partial charge in [0, 0.05) is 12.5 Å². The van der Waals surface area contributed by atoms with Crippen molar-refractivity contribution in [3.8, 4) is 0 Å². The SMILES string of the molecule is Cc1cc(S(=O)(=O)NC(C)CC(N)=O)sc1C(=O)O. The second-order valence-electron chi connectivity index (χ2n) is 4.08. The Balaban J connectivity index is 2.98. The molecule has 0 fully saturated rings. The number of nitrogens with one attached hydrogen (secondary N) is 1. The topological polar surface area (TPSA) is 127 Å². The van der Waals surface area contributed by atoms with Crippen molar-refractivity contribution in [1.82, 2.24) is 4.72 Å². The van der Waals surface area contributed by atoms with Gasteiger partial charge < -0.3 is 10.8 Å². The van der Waals surface area contributed by atoms with Crippen LogP contribution in [0.4, 0.5) is 0 Å². The number of carbonyl (C=O) groups is 2. The molecule has 0 aliphatic carbocycles. The Morgan fingerprint density at radius 3 is 2.53 bits per heavy atom. The average Bonchev–Trinajstić information content (AvgIpc) is 2.58. The number of aromatic carboxylic acids is 1. The Kier molecular flexibility index (Phi) is 4.66. The van der Waals surface area contributed by atoms with E-state index < -0.39 is 27.9 Å². The van der Waals surface area contributed by atoms with Crippen LogP contribution in [0.15, 0.2) is 10.3 Å². The van der Waals surface area contributed by atoms with Gasteiger partial charge in [0.1, 0.15) is 9.09 Å². The van der Waals surface area contributed by atoms with Gasteiger partial charge in [0.05, 0.1) is 0 Å². The molecular weight excluding hydrogens is 292 g/mol. The lowest BCUT2D eigenvalue weighted by atomic mass is 10.2. The quantitative estimate of drug-likeness (QED) is 0.696. The maximum absolute atomic E-state index is 12.0. The highest BCUT2D eigenvalue weighted by atomic mass is 32.2. The van der Waals surface area contributed by atoms with Crippen LogP contribution in [-0.4, -0.2) is 31.4 Å². The molecule has 0 bridgehead atoms. The summed E-state index contributed by atoms with van der Waals surface area (Å²) in [5.74, 6) is -1.79. The maximum atomic E-state index is 12.0. The maximum Gasteiger partial charge on any atom is 0.346 e. The molecule has 1 aromatic rings. The van der Waals surface area contributed by atoms with Gasteiger partial charge in [-0.3, -0.25) is 4.79 Å². The largest absolute Gasteiger partial charge is 0.477 e. The highest BCUT2D eigenvalue weighted by Crippen LogP contribution is 2.26. The molecule has 1 unspecified atom stereocenters. The molecule has 1 rings (SSSR count). The van der Waals surface area contributed by atoms with Gasteiger partial charge in [-0.2, -0.15) is 0 Å². The summed E-state index contributed by atoms with van der Waals surface area (Å²) < 4.78 is 26.1. The van der Waals surface area contributed by atoms with Crippen molar-refractivity contribution < 1.29 is 23.1 Å². The van der Waals surface area contributed by atoms with Crippen LogP contribution in [0.25, 0.3) is 0 Å². The number of carboxylic acid groups (broad SMARTS) is 1. The van der Waals surface area contributed by atoms with E-state index in [2.05, 4.69) is 4.72 Å². The van der Waals surface area contributed by atoms with E-state index in [0.717, 1.165) is 0 Å². The first-order valence-corrected chi connectivity index (χ1v) is 7.58. The van der Waals surface area contributed by atoms with Gasteiger partial charge >= 0.3 is 5.97 Å². The number of carboxylic acids is 1. The monoisotopic (exact) mass is 306 g/mol. The van der Waals surface area contributed by atoms with Crippen molar-refractivity contribution in [1.29, 1.82) is 0 Å². The number of aryl methyl sites for hydroxylation is 1. The van der Waals surface area contributed by atoms with E-state index in [-0.39, 0.29) is 15.5 Å². The molecule has 1 amide bonds. The van der Waals surface area contributed by atoms with E-state index in [9.17, 15) is 18.0 Å². The van der Waals surface area contributed by atoms with Crippen LogP contribution in [0.3, 0.4) is 0 Å². The lowest BCUT2D eigenvalue weighted by Crippen LogP contribution is -2.35. The van der Waals surface area contributed by atoms with Crippen LogP contribution in [0.2, 0.25) is 0 Å². The summed E-state index contributed by atoms with van der Waals surface area (Å²) in [5.41, 5.74) is 5.35. The molecular formula is C10H14N2O5S2. The zero-order valence-corrected chi connectivity index (χ0v) is 12.0. The fourth-order valence-electron chi connectivity index (χ4n) is 1.46. The van der Waals surface area contributed by atoms with Crippen molar-refractivity contribution in [2.75, 3.05) is 0 Å². The Labute approximate surface area is 114 Å². The molecule has 0 saturated heterocycles. The van der Waals surface area contributed by atoms with Gasteiger partial charge in [-0.05, 0) is 25.5 Å². The standard InChI is InChI=1S/C10H14N2O5S2/c1-5-3-8(18-9(5)10(14)15)19(16,17)12-6(2)4-7(11)13/h3,6,12H,4H2,1-2H3,(H2,11,13)(H,14,15). The van der Waals surface area contributed by atoms with Crippen LogP contribution in [-0.2, 0) is 14.8 Å². The minimum atomic E-state index is -3.84. The van der Waals surface area contributed by atoms with E-state index in [1.54, 1.807) is 0 Å². The first kappa shape index (κ1) is 15.6. The molecule has 0 spiro atoms. The number of hydrogen-bond donors (Lipinski definition) is 3. The molecule has 0 aromatic carbocycles. The summed E-state index contributed by atoms with van der Waals surface area (Å²) in [4.78, 5) is 21.5. The Morgan fingerprint density at radius 2 is 2.11 bits per heavy atom. The molecule has 1 aromatic heterocycles. The minimum Gasteiger partial charge on any atom is -0.477 e. The number of amides is 1. The van der Waals surface area contributed by atoms with E-state index in [1.165, 1.54) is 19.9 Å². The Hall–Kier alpha value is -1.45. The third-order valence-corrected chi connectivity index (χ3v) is 5.51. The number of carbonyl (C=O) groups excluding carboxylic acids is 1. The highest BCUT2D eigenvalue weighted by Gasteiger charge is 2.23. The normalized spacial score (nSPS) is 13.2. The number of nitrogens with two attached hydrogens (primary N) is 1. The van der Waals surface area contributed by atoms with Crippen LogP contribution in [0.5, 0.6) is 0 Å². The van der Waals surface area contributed by atoms with Gasteiger partial charge in [0.15, 0.2) is 0 Å². The van der Waals surface area contributed by atoms with Crippen LogP contribution >= 0.6 is 11.3 Å². The van der Waals surface area contributed by atoms with Crippen LogP contribution in [0.1, 0.15) is 28.6 Å². The second-order valence-corrected chi connectivity index (χ2v) is 7.07. The molecule has 0 aliphatic rings. The third kappa shape index (κ3) is 4.01. The number of thiophene rings is 1. The molecule has 4 N–H and O–H groups in total. The zero-order chi connectivity index (χ0) is 14.8. The molecule has 1 atom stereocenters. The third-order valence-electron chi connectivity index (χ3n) is 2.22. The van der Waals surface area contributed by atoms with Crippen molar-refractivity contribution in [3.63, 3.8) is 0 Å². The van der Waals surface area contributed by atoms with Crippen molar-refractivity contribution >= 4 is 33.2 Å². The smallest absolute Gasteiger partial charge is 0.346 e. The summed E-state index contributed by atoms with van der Waals surface area (Å²) in [6, 6.07) is 0.631. The number of rotatable bonds is 6.